The zero-order valence-corrected chi connectivity index (χ0v) is 20.6. The third-order valence-corrected chi connectivity index (χ3v) is 7.27. The molecule has 2 aliphatic heterocycles. The van der Waals surface area contributed by atoms with E-state index in [-0.39, 0.29) is 35.9 Å². The number of aromatic nitrogens is 2. The lowest BCUT2D eigenvalue weighted by atomic mass is 9.94. The number of likely N-dealkylation sites (tertiary alicyclic amines) is 1. The van der Waals surface area contributed by atoms with Crippen LogP contribution in [0.25, 0.3) is 10.9 Å². The van der Waals surface area contributed by atoms with E-state index in [0.717, 1.165) is 18.4 Å². The predicted octanol–water partition coefficient (Wildman–Crippen LogP) is 3.29. The predicted molar refractivity (Wildman–Crippen MR) is 137 cm³/mol. The Balaban J connectivity index is 1.30. The summed E-state index contributed by atoms with van der Waals surface area (Å²) in [5.41, 5.74) is 2.08. The van der Waals surface area contributed by atoms with Crippen LogP contribution in [0.3, 0.4) is 0 Å². The molecule has 2 aromatic carbocycles. The molecule has 188 valence electrons. The van der Waals surface area contributed by atoms with Crippen LogP contribution < -0.4 is 5.56 Å². The van der Waals surface area contributed by atoms with E-state index in [2.05, 4.69) is 9.97 Å². The first-order chi connectivity index (χ1) is 17.5. The van der Waals surface area contributed by atoms with Crippen molar-refractivity contribution >= 4 is 22.7 Å². The van der Waals surface area contributed by atoms with Crippen LogP contribution in [-0.2, 0) is 16.1 Å². The number of nitrogens with zero attached hydrogens (tertiary/aromatic N) is 3. The number of H-pyrrole nitrogens is 1. The van der Waals surface area contributed by atoms with Crippen LogP contribution >= 0.6 is 0 Å². The van der Waals surface area contributed by atoms with Crippen LogP contribution in [0.15, 0.2) is 53.3 Å². The van der Waals surface area contributed by atoms with Gasteiger partial charge in [-0.3, -0.25) is 14.4 Å². The van der Waals surface area contributed by atoms with Gasteiger partial charge >= 0.3 is 0 Å². The maximum atomic E-state index is 13.7. The van der Waals surface area contributed by atoms with Gasteiger partial charge in [-0.05, 0) is 56.4 Å². The van der Waals surface area contributed by atoms with Gasteiger partial charge in [0.1, 0.15) is 5.82 Å². The minimum absolute atomic E-state index is 0.0103. The Bertz CT molecular complexity index is 1310. The first kappa shape index (κ1) is 24.2. The number of nitrogens with one attached hydrogen (secondary N) is 1. The second-order valence-corrected chi connectivity index (χ2v) is 9.76. The molecule has 36 heavy (non-hydrogen) atoms. The summed E-state index contributed by atoms with van der Waals surface area (Å²) in [6.07, 6.45) is 3.11. The second-order valence-electron chi connectivity index (χ2n) is 9.76. The molecule has 8 heteroatoms. The number of para-hydroxylation sites is 1. The molecule has 0 saturated carbocycles. The minimum Gasteiger partial charge on any atom is -0.376 e. The van der Waals surface area contributed by atoms with E-state index in [4.69, 9.17) is 4.74 Å². The molecule has 2 aliphatic rings. The second kappa shape index (κ2) is 10.6. The van der Waals surface area contributed by atoms with Crippen LogP contribution in [0.2, 0.25) is 0 Å². The van der Waals surface area contributed by atoms with Crippen LogP contribution in [0, 0.1) is 12.8 Å². The van der Waals surface area contributed by atoms with E-state index in [1.165, 1.54) is 0 Å². The van der Waals surface area contributed by atoms with Gasteiger partial charge < -0.3 is 19.5 Å². The highest BCUT2D eigenvalue weighted by Crippen LogP contribution is 2.24. The largest absolute Gasteiger partial charge is 0.376 e. The van der Waals surface area contributed by atoms with Crippen molar-refractivity contribution in [1.82, 2.24) is 19.8 Å². The fourth-order valence-electron chi connectivity index (χ4n) is 5.23. The molecule has 0 radical (unpaired) electrons. The Kier molecular flexibility index (Phi) is 7.13. The third-order valence-electron chi connectivity index (χ3n) is 7.27. The molecule has 3 aromatic rings. The maximum absolute atomic E-state index is 13.7. The van der Waals surface area contributed by atoms with E-state index in [1.54, 1.807) is 11.0 Å². The smallest absolute Gasteiger partial charge is 0.258 e. The number of ether oxygens (including phenoxy) is 1. The first-order valence-electron chi connectivity index (χ1n) is 12.7. The van der Waals surface area contributed by atoms with Crippen molar-refractivity contribution in [3.8, 4) is 0 Å². The number of aromatic amines is 1. The Hall–Kier alpha value is -3.52. The SMILES string of the molecule is Cc1ccccc1C(=O)N1CCC(C(=O)N(Cc2nc3ccccc3c(=O)[nH]2)C[C@@H]2CCCO2)CC1. The number of benzene rings is 2. The average Bonchev–Trinajstić information content (AvgIpc) is 3.41. The number of hydrogen-bond donors (Lipinski definition) is 1. The number of amides is 2. The van der Waals surface area contributed by atoms with Gasteiger partial charge in [0.2, 0.25) is 5.91 Å². The summed E-state index contributed by atoms with van der Waals surface area (Å²) in [5.74, 6) is 0.342. The Morgan fingerprint density at radius 2 is 1.83 bits per heavy atom. The number of carbonyl (C=O) groups is 2. The monoisotopic (exact) mass is 488 g/mol. The lowest BCUT2D eigenvalue weighted by Crippen LogP contribution is -2.46. The third kappa shape index (κ3) is 5.18. The van der Waals surface area contributed by atoms with E-state index in [0.29, 0.717) is 61.4 Å². The summed E-state index contributed by atoms with van der Waals surface area (Å²) in [5, 5.41) is 0.531. The fourth-order valence-corrected chi connectivity index (χ4v) is 5.23. The number of rotatable bonds is 6. The van der Waals surface area contributed by atoms with Crippen LogP contribution in [0.4, 0.5) is 0 Å². The summed E-state index contributed by atoms with van der Waals surface area (Å²) >= 11 is 0. The molecule has 5 rings (SSSR count). The van der Waals surface area contributed by atoms with Crippen molar-refractivity contribution in [2.24, 2.45) is 5.92 Å². The van der Waals surface area contributed by atoms with E-state index < -0.39 is 0 Å². The summed E-state index contributed by atoms with van der Waals surface area (Å²) in [4.78, 5) is 50.4. The van der Waals surface area contributed by atoms with Gasteiger partial charge in [0, 0.05) is 37.7 Å². The number of aryl methyl sites for hydroxylation is 1. The lowest BCUT2D eigenvalue weighted by Gasteiger charge is -2.35. The van der Waals surface area contributed by atoms with Crippen molar-refractivity contribution in [1.29, 1.82) is 0 Å². The molecule has 0 spiro atoms. The van der Waals surface area contributed by atoms with Crippen LogP contribution in [-0.4, -0.2) is 63.9 Å². The number of piperidine rings is 1. The summed E-state index contributed by atoms with van der Waals surface area (Å²) in [6, 6.07) is 14.8. The van der Waals surface area contributed by atoms with E-state index >= 15 is 0 Å². The van der Waals surface area contributed by atoms with E-state index in [1.807, 2.05) is 54.3 Å². The molecule has 0 unspecified atom stereocenters. The highest BCUT2D eigenvalue weighted by atomic mass is 16.5. The first-order valence-corrected chi connectivity index (χ1v) is 12.7. The zero-order chi connectivity index (χ0) is 25.1. The van der Waals surface area contributed by atoms with Crippen molar-refractivity contribution in [3.05, 3.63) is 75.8 Å². The molecular weight excluding hydrogens is 456 g/mol. The zero-order valence-electron chi connectivity index (χ0n) is 20.6. The molecule has 0 aliphatic carbocycles. The highest BCUT2D eigenvalue weighted by molar-refractivity contribution is 5.95. The van der Waals surface area contributed by atoms with Crippen LogP contribution in [0.1, 0.15) is 47.4 Å². The van der Waals surface area contributed by atoms with Crippen molar-refractivity contribution in [2.45, 2.75) is 45.3 Å². The standard InChI is InChI=1S/C28H32N4O4/c1-19-7-2-3-9-22(19)28(35)31-14-12-20(13-15-31)27(34)32(17-21-8-6-16-36-21)18-25-29-24-11-5-4-10-23(24)26(33)30-25/h2-5,7,9-11,20-21H,6,8,12-18H2,1H3,(H,29,30,33)/t21-/m0/s1. The van der Waals surface area contributed by atoms with Gasteiger partial charge in [0.05, 0.1) is 23.6 Å². The van der Waals surface area contributed by atoms with Gasteiger partial charge in [0.15, 0.2) is 0 Å². The Morgan fingerprint density at radius 3 is 2.58 bits per heavy atom. The topological polar surface area (TPSA) is 95.6 Å². The van der Waals surface area contributed by atoms with Gasteiger partial charge in [-0.15, -0.1) is 0 Å². The Labute approximate surface area is 210 Å². The van der Waals surface area contributed by atoms with Gasteiger partial charge in [-0.2, -0.15) is 0 Å². The van der Waals surface area contributed by atoms with E-state index in [9.17, 15) is 14.4 Å². The number of carbonyl (C=O) groups excluding carboxylic acids is 2. The molecule has 0 bridgehead atoms. The minimum atomic E-state index is -0.205. The molecule has 2 amide bonds. The summed E-state index contributed by atoms with van der Waals surface area (Å²) < 4.78 is 5.82. The summed E-state index contributed by atoms with van der Waals surface area (Å²) in [7, 11) is 0. The highest BCUT2D eigenvalue weighted by Gasteiger charge is 2.33. The maximum Gasteiger partial charge on any atom is 0.258 e. The fraction of sp³-hybridized carbons (Fsp3) is 0.429. The summed E-state index contributed by atoms with van der Waals surface area (Å²) in [6.45, 7) is 4.43. The number of fused-ring (bicyclic) bond motifs is 1. The van der Waals surface area contributed by atoms with Gasteiger partial charge in [-0.1, -0.05) is 30.3 Å². The average molecular weight is 489 g/mol. The van der Waals surface area contributed by atoms with Crippen LogP contribution in [0.5, 0.6) is 0 Å². The lowest BCUT2D eigenvalue weighted by molar-refractivity contribution is -0.139. The normalized spacial score (nSPS) is 18.5. The molecule has 2 saturated heterocycles. The molecule has 1 atom stereocenters. The molecule has 1 N–H and O–H groups in total. The van der Waals surface area contributed by atoms with Crippen molar-refractivity contribution in [3.63, 3.8) is 0 Å². The Morgan fingerprint density at radius 1 is 1.08 bits per heavy atom. The quantitative estimate of drug-likeness (QED) is 0.575. The molecular formula is C28H32N4O4. The molecule has 8 nitrogen and oxygen atoms in total. The number of hydrogen-bond acceptors (Lipinski definition) is 5. The molecule has 3 heterocycles. The van der Waals surface area contributed by atoms with Crippen molar-refractivity contribution < 1.29 is 14.3 Å². The van der Waals surface area contributed by atoms with Gasteiger partial charge in [0.25, 0.3) is 11.5 Å². The van der Waals surface area contributed by atoms with Gasteiger partial charge in [-0.25, -0.2) is 4.98 Å². The molecule has 2 fully saturated rings. The molecule has 1 aromatic heterocycles. The van der Waals surface area contributed by atoms with Crippen molar-refractivity contribution in [2.75, 3.05) is 26.2 Å².